The lowest BCUT2D eigenvalue weighted by atomic mass is 10.2. The van der Waals surface area contributed by atoms with Crippen LogP contribution < -0.4 is 5.32 Å². The maximum Gasteiger partial charge on any atom is 0.287 e. The molecule has 29 heavy (non-hydrogen) atoms. The molecule has 7 nitrogen and oxygen atoms in total. The fraction of sp³-hybridized carbons (Fsp3) is 0.250. The molecule has 1 aliphatic rings. The lowest BCUT2D eigenvalue weighted by Crippen LogP contribution is -2.32. The molecule has 0 bridgehead atoms. The number of hydrogen-bond donors (Lipinski definition) is 1. The van der Waals surface area contributed by atoms with Gasteiger partial charge in [0, 0.05) is 12.6 Å². The minimum Gasteiger partial charge on any atom is -0.468 e. The van der Waals surface area contributed by atoms with Gasteiger partial charge in [-0.2, -0.15) is 4.31 Å². The largest absolute Gasteiger partial charge is 0.468 e. The van der Waals surface area contributed by atoms with Crippen molar-refractivity contribution in [2.75, 3.05) is 0 Å². The Kier molecular flexibility index (Phi) is 5.25. The number of amides is 1. The van der Waals surface area contributed by atoms with Gasteiger partial charge in [-0.1, -0.05) is 12.1 Å². The predicted octanol–water partition coefficient (Wildman–Crippen LogP) is 3.30. The lowest BCUT2D eigenvalue weighted by Gasteiger charge is -2.19. The van der Waals surface area contributed by atoms with Crippen LogP contribution in [0.1, 0.15) is 34.7 Å². The summed E-state index contributed by atoms with van der Waals surface area (Å²) in [6, 6.07) is 11.6. The van der Waals surface area contributed by atoms with E-state index in [1.165, 1.54) is 34.8 Å². The molecule has 1 N–H and O–H groups in total. The van der Waals surface area contributed by atoms with E-state index in [-0.39, 0.29) is 35.8 Å². The molecule has 0 spiro atoms. The predicted molar refractivity (Wildman–Crippen MR) is 101 cm³/mol. The van der Waals surface area contributed by atoms with Crippen LogP contribution in [-0.2, 0) is 23.1 Å². The topological polar surface area (TPSA) is 92.8 Å². The Bertz CT molecular complexity index is 1090. The zero-order chi connectivity index (χ0) is 20.4. The van der Waals surface area contributed by atoms with Gasteiger partial charge in [-0.15, -0.1) is 0 Å². The molecule has 2 aromatic heterocycles. The normalized spacial score (nSPS) is 14.3. The third-order valence-corrected chi connectivity index (χ3v) is 6.35. The number of halogens is 1. The summed E-state index contributed by atoms with van der Waals surface area (Å²) in [5.74, 6) is -0.501. The number of carbonyl (C=O) groups excluding carboxylic acids is 1. The number of carbonyl (C=O) groups is 1. The molecule has 1 aliphatic carbocycles. The van der Waals surface area contributed by atoms with Crippen molar-refractivity contribution >= 4 is 15.9 Å². The minimum atomic E-state index is -3.91. The highest BCUT2D eigenvalue weighted by Crippen LogP contribution is 2.34. The second-order valence-electron chi connectivity index (χ2n) is 6.79. The molecule has 0 atom stereocenters. The van der Waals surface area contributed by atoms with E-state index in [0.717, 1.165) is 12.8 Å². The van der Waals surface area contributed by atoms with E-state index in [2.05, 4.69) is 5.32 Å². The average Bonchev–Trinajstić information content (AvgIpc) is 3.19. The Morgan fingerprint density at radius 2 is 1.90 bits per heavy atom. The monoisotopic (exact) mass is 418 g/mol. The fourth-order valence-electron chi connectivity index (χ4n) is 2.90. The quantitative estimate of drug-likeness (QED) is 0.606. The van der Waals surface area contributed by atoms with Crippen molar-refractivity contribution < 1.29 is 26.4 Å². The van der Waals surface area contributed by atoms with Gasteiger partial charge in [0.15, 0.2) is 5.76 Å². The standard InChI is InChI=1S/C20H19FN2O5S/c21-15-5-3-14(4-6-15)12-22-20(24)18-9-10-19(28-18)29(25,26)23(16-7-8-16)13-17-2-1-11-27-17/h1-6,9-11,16H,7-8,12-13H2,(H,22,24). The maximum atomic E-state index is 13.0. The van der Waals surface area contributed by atoms with Crippen LogP contribution >= 0.6 is 0 Å². The van der Waals surface area contributed by atoms with Gasteiger partial charge in [0.05, 0.1) is 12.8 Å². The van der Waals surface area contributed by atoms with Crippen LogP contribution in [0.15, 0.2) is 68.7 Å². The molecule has 1 aromatic carbocycles. The number of benzene rings is 1. The minimum absolute atomic E-state index is 0.104. The van der Waals surface area contributed by atoms with E-state index in [1.54, 1.807) is 24.3 Å². The van der Waals surface area contributed by atoms with Crippen molar-refractivity contribution in [3.8, 4) is 0 Å². The fourth-order valence-corrected chi connectivity index (χ4v) is 4.46. The van der Waals surface area contributed by atoms with Crippen molar-refractivity contribution in [1.82, 2.24) is 9.62 Å². The van der Waals surface area contributed by atoms with Gasteiger partial charge in [-0.25, -0.2) is 12.8 Å². The van der Waals surface area contributed by atoms with Crippen molar-refractivity contribution in [1.29, 1.82) is 0 Å². The summed E-state index contributed by atoms with van der Waals surface area (Å²) in [6.45, 7) is 0.265. The molecule has 3 aromatic rings. The van der Waals surface area contributed by atoms with Crippen LogP contribution in [0.4, 0.5) is 4.39 Å². The number of rotatable bonds is 8. The van der Waals surface area contributed by atoms with Gasteiger partial charge in [0.25, 0.3) is 15.9 Å². The molecular formula is C20H19FN2O5S. The molecule has 0 saturated heterocycles. The molecule has 9 heteroatoms. The number of hydrogen-bond acceptors (Lipinski definition) is 5. The third-order valence-electron chi connectivity index (χ3n) is 4.58. The zero-order valence-electron chi connectivity index (χ0n) is 15.4. The summed E-state index contributed by atoms with van der Waals surface area (Å²) in [7, 11) is -3.91. The number of sulfonamides is 1. The Labute approximate surface area is 167 Å². The van der Waals surface area contributed by atoms with Gasteiger partial charge in [0.2, 0.25) is 5.09 Å². The first-order valence-corrected chi connectivity index (χ1v) is 10.5. The highest BCUT2D eigenvalue weighted by Gasteiger charge is 2.40. The molecule has 1 saturated carbocycles. The first kappa shape index (κ1) is 19.4. The summed E-state index contributed by atoms with van der Waals surface area (Å²) in [6.07, 6.45) is 3.03. The zero-order valence-corrected chi connectivity index (χ0v) is 16.2. The van der Waals surface area contributed by atoms with Gasteiger partial charge < -0.3 is 14.2 Å². The summed E-state index contributed by atoms with van der Waals surface area (Å²) in [4.78, 5) is 12.3. The van der Waals surface area contributed by atoms with E-state index < -0.39 is 15.9 Å². The number of nitrogens with zero attached hydrogens (tertiary/aromatic N) is 1. The van der Waals surface area contributed by atoms with Gasteiger partial charge in [0.1, 0.15) is 11.6 Å². The Balaban J connectivity index is 1.46. The van der Waals surface area contributed by atoms with Crippen LogP contribution in [0.25, 0.3) is 0 Å². The summed E-state index contributed by atoms with van der Waals surface area (Å²) >= 11 is 0. The van der Waals surface area contributed by atoms with E-state index >= 15 is 0 Å². The Hall–Kier alpha value is -2.91. The molecule has 2 heterocycles. The second-order valence-corrected chi connectivity index (χ2v) is 8.61. The molecule has 1 fully saturated rings. The van der Waals surface area contributed by atoms with Crippen molar-refractivity contribution in [2.45, 2.75) is 37.1 Å². The van der Waals surface area contributed by atoms with Crippen LogP contribution in [0, 0.1) is 5.82 Å². The summed E-state index contributed by atoms with van der Waals surface area (Å²) in [5.41, 5.74) is 0.706. The van der Waals surface area contributed by atoms with E-state index in [4.69, 9.17) is 8.83 Å². The Morgan fingerprint density at radius 1 is 1.14 bits per heavy atom. The second kappa shape index (κ2) is 7.84. The molecule has 0 unspecified atom stereocenters. The molecule has 1 amide bonds. The van der Waals surface area contributed by atoms with Crippen LogP contribution in [0.3, 0.4) is 0 Å². The van der Waals surface area contributed by atoms with E-state index in [9.17, 15) is 17.6 Å². The molecule has 152 valence electrons. The van der Waals surface area contributed by atoms with Gasteiger partial charge in [-0.3, -0.25) is 4.79 Å². The van der Waals surface area contributed by atoms with E-state index in [1.807, 2.05) is 0 Å². The maximum absolute atomic E-state index is 13.0. The SMILES string of the molecule is O=C(NCc1ccc(F)cc1)c1ccc(S(=O)(=O)N(Cc2ccco2)C2CC2)o1. The summed E-state index contributed by atoms with van der Waals surface area (Å²) in [5, 5.41) is 2.33. The number of nitrogens with one attached hydrogen (secondary N) is 1. The van der Waals surface area contributed by atoms with Crippen LogP contribution in [0.5, 0.6) is 0 Å². The van der Waals surface area contributed by atoms with Crippen LogP contribution in [-0.4, -0.2) is 24.7 Å². The number of furan rings is 2. The highest BCUT2D eigenvalue weighted by molar-refractivity contribution is 7.89. The van der Waals surface area contributed by atoms with Crippen molar-refractivity contribution in [3.05, 3.63) is 77.7 Å². The van der Waals surface area contributed by atoms with Gasteiger partial charge in [-0.05, 0) is 54.8 Å². The van der Waals surface area contributed by atoms with Crippen molar-refractivity contribution in [2.24, 2.45) is 0 Å². The molecule has 0 aliphatic heterocycles. The first-order valence-electron chi connectivity index (χ1n) is 9.10. The third kappa shape index (κ3) is 4.41. The molecular weight excluding hydrogens is 399 g/mol. The van der Waals surface area contributed by atoms with Gasteiger partial charge >= 0.3 is 0 Å². The lowest BCUT2D eigenvalue weighted by molar-refractivity contribution is 0.0917. The van der Waals surface area contributed by atoms with E-state index in [0.29, 0.717) is 11.3 Å². The molecule has 4 rings (SSSR count). The van der Waals surface area contributed by atoms with Crippen LogP contribution in [0.2, 0.25) is 0 Å². The highest BCUT2D eigenvalue weighted by atomic mass is 32.2. The summed E-state index contributed by atoms with van der Waals surface area (Å²) < 4.78 is 50.9. The smallest absolute Gasteiger partial charge is 0.287 e. The van der Waals surface area contributed by atoms with Crippen molar-refractivity contribution in [3.63, 3.8) is 0 Å². The average molecular weight is 418 g/mol. The first-order chi connectivity index (χ1) is 13.9. The Morgan fingerprint density at radius 3 is 2.55 bits per heavy atom. The molecule has 0 radical (unpaired) electrons.